The lowest BCUT2D eigenvalue weighted by atomic mass is 10.3. The molecular weight excluding hydrogens is 162 g/mol. The van der Waals surface area contributed by atoms with Crippen LogP contribution in [-0.4, -0.2) is 39.3 Å². The zero-order chi connectivity index (χ0) is 8.81. The Kier molecular flexibility index (Phi) is 3.83. The molecule has 12 heavy (non-hydrogen) atoms. The van der Waals surface area contributed by atoms with Crippen molar-refractivity contribution in [2.45, 2.75) is 12.4 Å². The Balaban J connectivity index is 2.30. The first kappa shape index (κ1) is 9.28. The van der Waals surface area contributed by atoms with Gasteiger partial charge in [0.05, 0.1) is 25.9 Å². The molecule has 0 unspecified atom stereocenters. The van der Waals surface area contributed by atoms with E-state index < -0.39 is 0 Å². The summed E-state index contributed by atoms with van der Waals surface area (Å²) in [6.45, 7) is 1.18. The van der Waals surface area contributed by atoms with Crippen LogP contribution in [-0.2, 0) is 14.2 Å². The smallest absolute Gasteiger partial charge is 0.180 e. The maximum Gasteiger partial charge on any atom is 0.180 e. The Morgan fingerprint density at radius 3 is 3.17 bits per heavy atom. The van der Waals surface area contributed by atoms with Crippen molar-refractivity contribution >= 4 is 0 Å². The average Bonchev–Trinajstić information content (AvgIpc) is 2.15. The Morgan fingerprint density at radius 2 is 2.50 bits per heavy atom. The molecule has 0 spiro atoms. The minimum Gasteiger partial charge on any atom is -0.373 e. The second kappa shape index (κ2) is 4.95. The molecule has 0 aromatic heterocycles. The van der Waals surface area contributed by atoms with E-state index in [0.29, 0.717) is 13.2 Å². The lowest BCUT2D eigenvalue weighted by Gasteiger charge is -2.27. The number of rotatable bonds is 3. The molecule has 1 fully saturated rings. The van der Waals surface area contributed by atoms with Crippen LogP contribution in [0.3, 0.4) is 0 Å². The molecule has 6 nitrogen and oxygen atoms in total. The fourth-order valence-corrected chi connectivity index (χ4v) is 0.936. The van der Waals surface area contributed by atoms with Crippen molar-refractivity contribution in [2.24, 2.45) is 5.11 Å². The van der Waals surface area contributed by atoms with Gasteiger partial charge in [-0.3, -0.25) is 0 Å². The molecule has 0 N–H and O–H groups in total. The van der Waals surface area contributed by atoms with Crippen LogP contribution in [0.1, 0.15) is 0 Å². The van der Waals surface area contributed by atoms with Crippen LogP contribution in [0.25, 0.3) is 10.4 Å². The fourth-order valence-electron chi connectivity index (χ4n) is 0.936. The predicted molar refractivity (Wildman–Crippen MR) is 40.5 cm³/mol. The molecule has 0 aromatic carbocycles. The molecule has 6 heteroatoms. The molecule has 2 atom stereocenters. The highest BCUT2D eigenvalue weighted by Gasteiger charge is 2.21. The van der Waals surface area contributed by atoms with Crippen molar-refractivity contribution in [2.75, 3.05) is 26.9 Å². The van der Waals surface area contributed by atoms with Gasteiger partial charge in [0.1, 0.15) is 0 Å². The molecule has 1 rings (SSSR count). The largest absolute Gasteiger partial charge is 0.373 e. The van der Waals surface area contributed by atoms with E-state index in [0.717, 1.165) is 0 Å². The summed E-state index contributed by atoms with van der Waals surface area (Å²) in [4.78, 5) is 2.63. The topological polar surface area (TPSA) is 76.5 Å². The number of ether oxygens (including phenoxy) is 3. The summed E-state index contributed by atoms with van der Waals surface area (Å²) in [6.07, 6.45) is -0.516. The number of hydrogen-bond acceptors (Lipinski definition) is 4. The first-order valence-corrected chi connectivity index (χ1v) is 3.63. The fraction of sp³-hybridized carbons (Fsp3) is 1.00. The molecule has 1 aliphatic heterocycles. The van der Waals surface area contributed by atoms with E-state index in [2.05, 4.69) is 10.0 Å². The van der Waals surface area contributed by atoms with Gasteiger partial charge < -0.3 is 14.2 Å². The van der Waals surface area contributed by atoms with E-state index in [1.54, 1.807) is 7.11 Å². The first-order chi connectivity index (χ1) is 5.86. The molecular formula is C6H11N3O3. The molecule has 0 bridgehead atoms. The Morgan fingerprint density at radius 1 is 1.67 bits per heavy atom. The third-order valence-corrected chi connectivity index (χ3v) is 1.51. The minimum atomic E-state index is -0.336. The van der Waals surface area contributed by atoms with Gasteiger partial charge in [-0.1, -0.05) is 5.11 Å². The molecule has 0 amide bonds. The van der Waals surface area contributed by atoms with Crippen LogP contribution < -0.4 is 0 Å². The summed E-state index contributed by atoms with van der Waals surface area (Å²) in [5.41, 5.74) is 8.05. The standard InChI is InChI=1S/C6H11N3O3/c1-10-6-4-11-3-5(12-6)2-8-9-7/h5-6H,2-4H2,1H3/t5-,6-/m0/s1. The van der Waals surface area contributed by atoms with Crippen LogP contribution in [0.15, 0.2) is 5.11 Å². The summed E-state index contributed by atoms with van der Waals surface area (Å²) in [5, 5.41) is 3.38. The van der Waals surface area contributed by atoms with E-state index in [4.69, 9.17) is 19.7 Å². The van der Waals surface area contributed by atoms with Gasteiger partial charge in [0, 0.05) is 12.0 Å². The van der Waals surface area contributed by atoms with Crippen molar-refractivity contribution in [1.82, 2.24) is 0 Å². The van der Waals surface area contributed by atoms with Crippen molar-refractivity contribution in [1.29, 1.82) is 0 Å². The first-order valence-electron chi connectivity index (χ1n) is 3.63. The summed E-state index contributed by atoms with van der Waals surface area (Å²) in [5.74, 6) is 0. The molecule has 68 valence electrons. The number of methoxy groups -OCH3 is 1. The van der Waals surface area contributed by atoms with Gasteiger partial charge in [-0.15, -0.1) is 0 Å². The van der Waals surface area contributed by atoms with Gasteiger partial charge >= 0.3 is 0 Å². The van der Waals surface area contributed by atoms with Gasteiger partial charge in [0.25, 0.3) is 0 Å². The Labute approximate surface area is 70.0 Å². The van der Waals surface area contributed by atoms with E-state index >= 15 is 0 Å². The maximum absolute atomic E-state index is 8.05. The second-order valence-electron chi connectivity index (χ2n) is 2.37. The monoisotopic (exact) mass is 173 g/mol. The highest BCUT2D eigenvalue weighted by Crippen LogP contribution is 2.08. The lowest BCUT2D eigenvalue weighted by molar-refractivity contribution is -0.229. The van der Waals surface area contributed by atoms with Gasteiger partial charge in [-0.25, -0.2) is 0 Å². The molecule has 0 saturated carbocycles. The molecule has 1 aliphatic rings. The van der Waals surface area contributed by atoms with E-state index in [1.165, 1.54) is 0 Å². The molecule has 1 saturated heterocycles. The Bertz CT molecular complexity index is 181. The lowest BCUT2D eigenvalue weighted by Crippen LogP contribution is -2.38. The van der Waals surface area contributed by atoms with Crippen LogP contribution in [0.4, 0.5) is 0 Å². The quantitative estimate of drug-likeness (QED) is 0.358. The van der Waals surface area contributed by atoms with Gasteiger partial charge in [0.15, 0.2) is 6.29 Å². The molecule has 1 heterocycles. The molecule has 0 aromatic rings. The van der Waals surface area contributed by atoms with Crippen molar-refractivity contribution in [3.8, 4) is 0 Å². The molecule has 0 radical (unpaired) electrons. The molecule has 0 aliphatic carbocycles. The van der Waals surface area contributed by atoms with Crippen LogP contribution in [0.2, 0.25) is 0 Å². The highest BCUT2D eigenvalue weighted by atomic mass is 16.7. The third kappa shape index (κ3) is 2.67. The Hall–Kier alpha value is -0.810. The second-order valence-corrected chi connectivity index (χ2v) is 2.37. The maximum atomic E-state index is 8.05. The SMILES string of the molecule is CO[C@@H]1COC[C@H](CN=[N+]=[N-])O1. The summed E-state index contributed by atoms with van der Waals surface area (Å²) < 4.78 is 15.4. The number of nitrogens with zero attached hydrogens (tertiary/aromatic N) is 3. The van der Waals surface area contributed by atoms with Crippen LogP contribution >= 0.6 is 0 Å². The van der Waals surface area contributed by atoms with Crippen LogP contribution in [0, 0.1) is 0 Å². The van der Waals surface area contributed by atoms with Crippen LogP contribution in [0.5, 0.6) is 0 Å². The summed E-state index contributed by atoms with van der Waals surface area (Å²) >= 11 is 0. The van der Waals surface area contributed by atoms with Crippen molar-refractivity contribution < 1.29 is 14.2 Å². The zero-order valence-electron chi connectivity index (χ0n) is 6.84. The number of azide groups is 1. The third-order valence-electron chi connectivity index (χ3n) is 1.51. The van der Waals surface area contributed by atoms with E-state index in [9.17, 15) is 0 Å². The highest BCUT2D eigenvalue weighted by molar-refractivity contribution is 4.66. The average molecular weight is 173 g/mol. The minimum absolute atomic E-state index is 0.181. The van der Waals surface area contributed by atoms with Gasteiger partial charge in [0.2, 0.25) is 0 Å². The van der Waals surface area contributed by atoms with Crippen molar-refractivity contribution in [3.63, 3.8) is 0 Å². The van der Waals surface area contributed by atoms with Gasteiger partial charge in [-0.2, -0.15) is 0 Å². The summed E-state index contributed by atoms with van der Waals surface area (Å²) in [6, 6.07) is 0. The predicted octanol–water partition coefficient (Wildman–Crippen LogP) is 0.685. The number of hydrogen-bond donors (Lipinski definition) is 0. The zero-order valence-corrected chi connectivity index (χ0v) is 6.84. The summed E-state index contributed by atoms with van der Waals surface area (Å²) in [7, 11) is 1.55. The van der Waals surface area contributed by atoms with E-state index in [1.807, 2.05) is 0 Å². The normalized spacial score (nSPS) is 29.4. The van der Waals surface area contributed by atoms with Crippen molar-refractivity contribution in [3.05, 3.63) is 10.4 Å². The van der Waals surface area contributed by atoms with Gasteiger partial charge in [-0.05, 0) is 5.53 Å². The van der Waals surface area contributed by atoms with E-state index in [-0.39, 0.29) is 18.9 Å².